The van der Waals surface area contributed by atoms with Gasteiger partial charge in [-0.3, -0.25) is 4.79 Å². The van der Waals surface area contributed by atoms with Gasteiger partial charge in [-0.15, -0.1) is 0 Å². The molecule has 0 amide bonds. The molecule has 0 spiro atoms. The van der Waals surface area contributed by atoms with Gasteiger partial charge in [-0.2, -0.15) is 0 Å². The molecule has 224 valence electrons. The van der Waals surface area contributed by atoms with E-state index in [1.54, 1.807) is 18.2 Å². The van der Waals surface area contributed by atoms with Gasteiger partial charge in [0.05, 0.1) is 46.6 Å². The third-order valence-corrected chi connectivity index (χ3v) is 7.63. The van der Waals surface area contributed by atoms with E-state index >= 15 is 0 Å². The third-order valence-electron chi connectivity index (χ3n) is 7.63. The van der Waals surface area contributed by atoms with E-state index in [1.807, 2.05) is 12.1 Å². The molecule has 3 aliphatic rings. The number of hydrogen-bond donors (Lipinski definition) is 4. The highest BCUT2D eigenvalue weighted by molar-refractivity contribution is 5.76. The quantitative estimate of drug-likeness (QED) is 0.285. The lowest BCUT2D eigenvalue weighted by Gasteiger charge is -2.41. The van der Waals surface area contributed by atoms with Crippen LogP contribution in [0.4, 0.5) is 0 Å². The molecule has 2 aromatic carbocycles. The van der Waals surface area contributed by atoms with Gasteiger partial charge in [0.2, 0.25) is 12.5 Å². The minimum Gasteiger partial charge on any atom is -0.493 e. The van der Waals surface area contributed by atoms with Gasteiger partial charge in [-0.1, -0.05) is 6.07 Å². The van der Waals surface area contributed by atoms with Crippen molar-refractivity contribution in [1.82, 2.24) is 0 Å². The van der Waals surface area contributed by atoms with Crippen LogP contribution in [0.15, 0.2) is 30.3 Å². The lowest BCUT2D eigenvalue weighted by Crippen LogP contribution is -2.59. The zero-order chi connectivity index (χ0) is 29.3. The molecular weight excluding hydrogens is 544 g/mol. The van der Waals surface area contributed by atoms with Crippen molar-refractivity contribution < 1.29 is 63.1 Å². The number of ether oxygens (including phenoxy) is 8. The zero-order valence-electron chi connectivity index (χ0n) is 22.8. The first-order valence-electron chi connectivity index (χ1n) is 13.1. The SMILES string of the molecule is COc1cc([C@@H](O[C@@H]2O[C@H](CO)[C@@H](O)[C@H](O)[C@H]2O)[C@H]2C(=O)OC[C@@H]2Cc2ccc3c(c2)OCO3)cc(OC)c1OC. The van der Waals surface area contributed by atoms with Crippen LogP contribution < -0.4 is 23.7 Å². The molecule has 3 heterocycles. The summed E-state index contributed by atoms with van der Waals surface area (Å²) in [5.41, 5.74) is 1.29. The highest BCUT2D eigenvalue weighted by Gasteiger charge is 2.49. The Morgan fingerprint density at radius 1 is 0.902 bits per heavy atom. The van der Waals surface area contributed by atoms with Gasteiger partial charge in [0.1, 0.15) is 24.4 Å². The molecule has 2 fully saturated rings. The summed E-state index contributed by atoms with van der Waals surface area (Å²) in [6.07, 6.45) is -8.38. The summed E-state index contributed by atoms with van der Waals surface area (Å²) >= 11 is 0. The number of methoxy groups -OCH3 is 3. The van der Waals surface area contributed by atoms with Crippen LogP contribution in [0, 0.1) is 11.8 Å². The number of aliphatic hydroxyl groups excluding tert-OH is 4. The summed E-state index contributed by atoms with van der Waals surface area (Å²) < 4.78 is 44.8. The number of carbonyl (C=O) groups is 1. The molecule has 41 heavy (non-hydrogen) atoms. The van der Waals surface area contributed by atoms with Crippen LogP contribution in [-0.4, -0.2) is 98.4 Å². The van der Waals surface area contributed by atoms with E-state index in [4.69, 9.17) is 37.9 Å². The molecule has 3 aliphatic heterocycles. The highest BCUT2D eigenvalue weighted by Crippen LogP contribution is 2.46. The molecule has 4 N–H and O–H groups in total. The fraction of sp³-hybridized carbons (Fsp3) is 0.536. The van der Waals surface area contributed by atoms with E-state index in [0.717, 1.165) is 5.56 Å². The zero-order valence-corrected chi connectivity index (χ0v) is 22.8. The van der Waals surface area contributed by atoms with Crippen molar-refractivity contribution in [3.63, 3.8) is 0 Å². The van der Waals surface area contributed by atoms with Crippen molar-refractivity contribution in [1.29, 1.82) is 0 Å². The standard InChI is InChI=1S/C28H34O13/c1-34-18-8-14(9-19(35-2)26(18)36-3)25(41-28-24(32)23(31)22(30)20(10-29)40-28)21-15(11-37-27(21)33)6-13-4-5-16-17(7-13)39-12-38-16/h4-5,7-9,15,20-25,28-32H,6,10-12H2,1-3H3/t15-,20+,21-,22+,23-,24+,25+,28-/m0/s1. The molecule has 2 saturated heterocycles. The molecule has 0 saturated carbocycles. The van der Waals surface area contributed by atoms with Crippen molar-refractivity contribution in [3.8, 4) is 28.7 Å². The second-order valence-electron chi connectivity index (χ2n) is 10.0. The van der Waals surface area contributed by atoms with Crippen LogP contribution in [0.2, 0.25) is 0 Å². The predicted octanol–water partition coefficient (Wildman–Crippen LogP) is 0.331. The topological polar surface area (TPSA) is 172 Å². The fourth-order valence-electron chi connectivity index (χ4n) is 5.47. The molecule has 2 aromatic rings. The van der Waals surface area contributed by atoms with E-state index in [9.17, 15) is 25.2 Å². The summed E-state index contributed by atoms with van der Waals surface area (Å²) in [6.45, 7) is -0.419. The number of esters is 1. The van der Waals surface area contributed by atoms with Gasteiger partial charge in [0.25, 0.3) is 0 Å². The van der Waals surface area contributed by atoms with Crippen molar-refractivity contribution in [3.05, 3.63) is 41.5 Å². The summed E-state index contributed by atoms with van der Waals surface area (Å²) in [4.78, 5) is 13.3. The molecule has 5 rings (SSSR count). The average molecular weight is 579 g/mol. The maximum atomic E-state index is 13.3. The normalized spacial score (nSPS) is 29.6. The van der Waals surface area contributed by atoms with Crippen molar-refractivity contribution >= 4 is 5.97 Å². The first-order valence-corrected chi connectivity index (χ1v) is 13.1. The first-order chi connectivity index (χ1) is 19.8. The van der Waals surface area contributed by atoms with Crippen LogP contribution in [-0.2, 0) is 25.4 Å². The van der Waals surface area contributed by atoms with Crippen LogP contribution >= 0.6 is 0 Å². The Morgan fingerprint density at radius 2 is 1.61 bits per heavy atom. The van der Waals surface area contributed by atoms with Crippen LogP contribution in [0.5, 0.6) is 28.7 Å². The fourth-order valence-corrected chi connectivity index (χ4v) is 5.47. The number of cyclic esters (lactones) is 1. The summed E-state index contributed by atoms with van der Waals surface area (Å²) in [7, 11) is 4.35. The number of benzene rings is 2. The molecule has 0 unspecified atom stereocenters. The Kier molecular flexibility index (Phi) is 8.73. The van der Waals surface area contributed by atoms with E-state index in [0.29, 0.717) is 40.7 Å². The molecule has 0 bridgehead atoms. The van der Waals surface area contributed by atoms with E-state index in [-0.39, 0.29) is 13.4 Å². The Morgan fingerprint density at radius 3 is 2.27 bits per heavy atom. The van der Waals surface area contributed by atoms with Gasteiger partial charge in [-0.25, -0.2) is 0 Å². The minimum atomic E-state index is -1.69. The minimum absolute atomic E-state index is 0.0942. The monoisotopic (exact) mass is 578 g/mol. The number of fused-ring (bicyclic) bond motifs is 1. The first kappa shape index (κ1) is 29.2. The predicted molar refractivity (Wildman–Crippen MR) is 138 cm³/mol. The Hall–Kier alpha value is -3.33. The second-order valence-corrected chi connectivity index (χ2v) is 10.0. The van der Waals surface area contributed by atoms with Crippen LogP contribution in [0.1, 0.15) is 17.2 Å². The number of aliphatic hydroxyl groups is 4. The number of hydrogen-bond acceptors (Lipinski definition) is 13. The van der Waals surface area contributed by atoms with Crippen molar-refractivity contribution in [2.45, 2.75) is 43.2 Å². The smallest absolute Gasteiger partial charge is 0.312 e. The molecular formula is C28H34O13. The molecule has 0 aliphatic carbocycles. The maximum Gasteiger partial charge on any atom is 0.312 e. The Bertz CT molecular complexity index is 1210. The van der Waals surface area contributed by atoms with Gasteiger partial charge in [0, 0.05) is 5.92 Å². The maximum absolute atomic E-state index is 13.3. The molecule has 8 atom stereocenters. The lowest BCUT2D eigenvalue weighted by molar-refractivity contribution is -0.316. The summed E-state index contributed by atoms with van der Waals surface area (Å²) in [5, 5.41) is 41.1. The summed E-state index contributed by atoms with van der Waals surface area (Å²) in [5.74, 6) is 0.294. The highest BCUT2D eigenvalue weighted by atomic mass is 16.7. The van der Waals surface area contributed by atoms with Gasteiger partial charge in [0.15, 0.2) is 29.3 Å². The third kappa shape index (κ3) is 5.61. The van der Waals surface area contributed by atoms with Crippen LogP contribution in [0.3, 0.4) is 0 Å². The molecule has 13 heteroatoms. The second kappa shape index (κ2) is 12.3. The van der Waals surface area contributed by atoms with Crippen molar-refractivity contribution in [2.24, 2.45) is 11.8 Å². The van der Waals surface area contributed by atoms with E-state index < -0.39 is 61.2 Å². The summed E-state index contributed by atoms with van der Waals surface area (Å²) in [6, 6.07) is 8.74. The number of rotatable bonds is 10. The van der Waals surface area contributed by atoms with Gasteiger partial charge >= 0.3 is 5.97 Å². The molecule has 13 nitrogen and oxygen atoms in total. The Balaban J connectivity index is 1.53. The molecule has 0 radical (unpaired) electrons. The number of carbonyl (C=O) groups excluding carboxylic acids is 1. The van der Waals surface area contributed by atoms with Crippen LogP contribution in [0.25, 0.3) is 0 Å². The molecule has 0 aromatic heterocycles. The Labute approximate surface area is 236 Å². The average Bonchev–Trinajstić information content (AvgIpc) is 3.60. The van der Waals surface area contributed by atoms with Gasteiger partial charge in [-0.05, 0) is 41.8 Å². The van der Waals surface area contributed by atoms with E-state index in [1.165, 1.54) is 21.3 Å². The lowest BCUT2D eigenvalue weighted by atomic mass is 9.82. The largest absolute Gasteiger partial charge is 0.493 e. The van der Waals surface area contributed by atoms with Gasteiger partial charge < -0.3 is 58.3 Å². The van der Waals surface area contributed by atoms with E-state index in [2.05, 4.69) is 0 Å². The van der Waals surface area contributed by atoms with Crippen molar-refractivity contribution in [2.75, 3.05) is 41.3 Å².